The van der Waals surface area contributed by atoms with Crippen molar-refractivity contribution in [2.45, 2.75) is 13.5 Å². The fraction of sp³-hybridized carbons (Fsp3) is 0.750. The molecule has 1 aliphatic rings. The molecule has 1 aromatic rings. The molecule has 2 rings (SSSR count). The van der Waals surface area contributed by atoms with E-state index in [4.69, 9.17) is 0 Å². The molecule has 0 bridgehead atoms. The number of aromatic nitrogens is 3. The third-order valence-corrected chi connectivity index (χ3v) is 3.41. The Kier molecular flexibility index (Phi) is 5.29. The molecule has 0 radical (unpaired) electrons. The molecule has 0 unspecified atom stereocenters. The minimum absolute atomic E-state index is 0.0880. The van der Waals surface area contributed by atoms with Crippen LogP contribution in [0.4, 0.5) is 0 Å². The van der Waals surface area contributed by atoms with Gasteiger partial charge in [0.2, 0.25) is 5.91 Å². The minimum Gasteiger partial charge on any atom is -0.353 e. The first-order chi connectivity index (χ1) is 9.28. The van der Waals surface area contributed by atoms with Gasteiger partial charge in [-0.2, -0.15) is 0 Å². The van der Waals surface area contributed by atoms with Gasteiger partial charge in [0.15, 0.2) is 0 Å². The van der Waals surface area contributed by atoms with Crippen molar-refractivity contribution in [2.24, 2.45) is 0 Å². The largest absolute Gasteiger partial charge is 0.353 e. The third kappa shape index (κ3) is 4.60. The van der Waals surface area contributed by atoms with Gasteiger partial charge >= 0.3 is 0 Å². The molecule has 106 valence electrons. The molecule has 1 amide bonds. The molecule has 0 atom stereocenters. The number of carbonyl (C=O) groups is 1. The van der Waals surface area contributed by atoms with E-state index in [1.165, 1.54) is 0 Å². The Morgan fingerprint density at radius 2 is 2.00 bits per heavy atom. The Bertz CT molecular complexity index is 372. The minimum atomic E-state index is 0.0880. The fourth-order valence-electron chi connectivity index (χ4n) is 2.18. The van der Waals surface area contributed by atoms with E-state index in [-0.39, 0.29) is 5.91 Å². The fourth-order valence-corrected chi connectivity index (χ4v) is 2.18. The van der Waals surface area contributed by atoms with Crippen molar-refractivity contribution in [3.63, 3.8) is 0 Å². The third-order valence-electron chi connectivity index (χ3n) is 3.41. The van der Waals surface area contributed by atoms with Gasteiger partial charge in [-0.05, 0) is 6.54 Å². The summed E-state index contributed by atoms with van der Waals surface area (Å²) in [7, 11) is 0. The second-order valence-electron chi connectivity index (χ2n) is 4.73. The first-order valence-electron chi connectivity index (χ1n) is 6.83. The average molecular weight is 266 g/mol. The predicted molar refractivity (Wildman–Crippen MR) is 71.6 cm³/mol. The lowest BCUT2D eigenvalue weighted by atomic mass is 10.3. The molecular weight excluding hydrogens is 244 g/mol. The van der Waals surface area contributed by atoms with E-state index < -0.39 is 0 Å². The lowest BCUT2D eigenvalue weighted by Crippen LogP contribution is -2.49. The van der Waals surface area contributed by atoms with Gasteiger partial charge < -0.3 is 10.2 Å². The summed E-state index contributed by atoms with van der Waals surface area (Å²) in [6.45, 7) is 9.09. The molecule has 7 nitrogen and oxygen atoms in total. The molecule has 7 heteroatoms. The molecule has 2 heterocycles. The van der Waals surface area contributed by atoms with E-state index in [2.05, 4.69) is 32.4 Å². The van der Waals surface area contributed by atoms with Gasteiger partial charge in [-0.25, -0.2) is 0 Å². The number of carbonyl (C=O) groups excluding carboxylic acids is 1. The van der Waals surface area contributed by atoms with Crippen LogP contribution in [0.5, 0.6) is 0 Å². The van der Waals surface area contributed by atoms with Crippen LogP contribution in [0.2, 0.25) is 0 Å². The van der Waals surface area contributed by atoms with Gasteiger partial charge in [0.1, 0.15) is 0 Å². The SMILES string of the molecule is CCN1CCN(CC(=O)NCCn2ccnn2)CC1. The molecule has 0 aliphatic carbocycles. The lowest BCUT2D eigenvalue weighted by Gasteiger charge is -2.33. The Balaban J connectivity index is 1.59. The predicted octanol–water partition coefficient (Wildman–Crippen LogP) is -0.968. The number of nitrogens with one attached hydrogen (secondary N) is 1. The molecule has 1 saturated heterocycles. The number of likely N-dealkylation sites (N-methyl/N-ethyl adjacent to an activating group) is 1. The van der Waals surface area contributed by atoms with E-state index in [0.717, 1.165) is 32.7 Å². The first-order valence-corrected chi connectivity index (χ1v) is 6.83. The van der Waals surface area contributed by atoms with Crippen LogP contribution in [-0.2, 0) is 11.3 Å². The van der Waals surface area contributed by atoms with Crippen LogP contribution in [0, 0.1) is 0 Å². The van der Waals surface area contributed by atoms with Gasteiger partial charge in [-0.1, -0.05) is 12.1 Å². The maximum atomic E-state index is 11.8. The van der Waals surface area contributed by atoms with Crippen LogP contribution in [0.25, 0.3) is 0 Å². The zero-order chi connectivity index (χ0) is 13.5. The smallest absolute Gasteiger partial charge is 0.234 e. The summed E-state index contributed by atoms with van der Waals surface area (Å²) in [6, 6.07) is 0. The molecule has 1 fully saturated rings. The number of nitrogens with zero attached hydrogens (tertiary/aromatic N) is 5. The Hall–Kier alpha value is -1.47. The van der Waals surface area contributed by atoms with E-state index >= 15 is 0 Å². The monoisotopic (exact) mass is 266 g/mol. The van der Waals surface area contributed by atoms with Gasteiger partial charge in [0.05, 0.1) is 19.3 Å². The molecule has 1 aromatic heterocycles. The topological polar surface area (TPSA) is 66.3 Å². The number of rotatable bonds is 6. The van der Waals surface area contributed by atoms with E-state index in [0.29, 0.717) is 19.6 Å². The van der Waals surface area contributed by atoms with Crippen LogP contribution >= 0.6 is 0 Å². The van der Waals surface area contributed by atoms with Crippen LogP contribution in [0.3, 0.4) is 0 Å². The number of hydrogen-bond donors (Lipinski definition) is 1. The maximum absolute atomic E-state index is 11.8. The molecule has 0 spiro atoms. The van der Waals surface area contributed by atoms with Crippen molar-refractivity contribution in [1.82, 2.24) is 30.1 Å². The molecule has 0 aromatic carbocycles. The van der Waals surface area contributed by atoms with Crippen LogP contribution < -0.4 is 5.32 Å². The summed E-state index contributed by atoms with van der Waals surface area (Å²) in [5.41, 5.74) is 0. The summed E-state index contributed by atoms with van der Waals surface area (Å²) >= 11 is 0. The van der Waals surface area contributed by atoms with Crippen molar-refractivity contribution in [1.29, 1.82) is 0 Å². The number of piperazine rings is 1. The second-order valence-corrected chi connectivity index (χ2v) is 4.73. The van der Waals surface area contributed by atoms with Gasteiger partial charge in [-0.3, -0.25) is 14.4 Å². The number of hydrogen-bond acceptors (Lipinski definition) is 5. The van der Waals surface area contributed by atoms with Crippen molar-refractivity contribution in [3.8, 4) is 0 Å². The van der Waals surface area contributed by atoms with Crippen molar-refractivity contribution in [3.05, 3.63) is 12.4 Å². The summed E-state index contributed by atoms with van der Waals surface area (Å²) in [5, 5.41) is 10.5. The molecule has 1 N–H and O–H groups in total. The van der Waals surface area contributed by atoms with Crippen molar-refractivity contribution in [2.75, 3.05) is 45.8 Å². The molecular formula is C12H22N6O. The normalized spacial score (nSPS) is 17.5. The standard InChI is InChI=1S/C12H22N6O/c1-2-16-7-9-17(10-8-16)11-12(19)13-3-5-18-6-4-14-15-18/h4,6H,2-3,5,7-11H2,1H3,(H,13,19). The highest BCUT2D eigenvalue weighted by Crippen LogP contribution is 2.00. The summed E-state index contributed by atoms with van der Waals surface area (Å²) in [4.78, 5) is 16.4. The average Bonchev–Trinajstić information content (AvgIpc) is 2.93. The summed E-state index contributed by atoms with van der Waals surface area (Å²) in [5.74, 6) is 0.0880. The van der Waals surface area contributed by atoms with E-state index in [9.17, 15) is 4.79 Å². The first kappa shape index (κ1) is 14.0. The number of amides is 1. The highest BCUT2D eigenvalue weighted by molar-refractivity contribution is 5.77. The van der Waals surface area contributed by atoms with Crippen molar-refractivity contribution < 1.29 is 4.79 Å². The molecule has 19 heavy (non-hydrogen) atoms. The molecule has 1 aliphatic heterocycles. The summed E-state index contributed by atoms with van der Waals surface area (Å²) in [6.07, 6.45) is 3.42. The highest BCUT2D eigenvalue weighted by Gasteiger charge is 2.17. The molecule has 0 saturated carbocycles. The van der Waals surface area contributed by atoms with Crippen molar-refractivity contribution >= 4 is 5.91 Å². The zero-order valence-corrected chi connectivity index (χ0v) is 11.5. The van der Waals surface area contributed by atoms with Gasteiger partial charge in [0.25, 0.3) is 0 Å². The zero-order valence-electron chi connectivity index (χ0n) is 11.5. The Labute approximate surface area is 113 Å². The highest BCUT2D eigenvalue weighted by atomic mass is 16.2. The van der Waals surface area contributed by atoms with E-state index in [1.807, 2.05) is 0 Å². The van der Waals surface area contributed by atoms with Gasteiger partial charge in [-0.15, -0.1) is 5.10 Å². The van der Waals surface area contributed by atoms with Crippen LogP contribution in [0.1, 0.15) is 6.92 Å². The van der Waals surface area contributed by atoms with E-state index in [1.54, 1.807) is 17.1 Å². The Morgan fingerprint density at radius 3 is 2.63 bits per heavy atom. The summed E-state index contributed by atoms with van der Waals surface area (Å²) < 4.78 is 1.71. The van der Waals surface area contributed by atoms with Crippen LogP contribution in [0.15, 0.2) is 12.4 Å². The Morgan fingerprint density at radius 1 is 1.26 bits per heavy atom. The maximum Gasteiger partial charge on any atom is 0.234 e. The quantitative estimate of drug-likeness (QED) is 0.718. The lowest BCUT2D eigenvalue weighted by molar-refractivity contribution is -0.122. The second kappa shape index (κ2) is 7.20. The van der Waals surface area contributed by atoms with Crippen LogP contribution in [-0.4, -0.2) is 76.5 Å². The van der Waals surface area contributed by atoms with Gasteiger partial charge in [0, 0.05) is 38.9 Å².